The molecule has 156 valence electrons. The first-order chi connectivity index (χ1) is 14.8. The Labute approximate surface area is 176 Å². The van der Waals surface area contributed by atoms with Crippen LogP contribution in [0.1, 0.15) is 16.7 Å². The lowest BCUT2D eigenvalue weighted by Crippen LogP contribution is -2.36. The van der Waals surface area contributed by atoms with Crippen molar-refractivity contribution in [3.8, 4) is 11.3 Å². The average Bonchev–Trinajstić information content (AvgIpc) is 2.70. The first-order valence-corrected chi connectivity index (χ1v) is 9.66. The molecule has 7 heteroatoms. The van der Waals surface area contributed by atoms with Crippen LogP contribution >= 0.6 is 0 Å². The predicted molar refractivity (Wildman–Crippen MR) is 115 cm³/mol. The number of carbonyl (C=O) groups is 1. The number of benzene rings is 3. The van der Waals surface area contributed by atoms with Crippen molar-refractivity contribution >= 4 is 16.7 Å². The average molecular weight is 419 g/mol. The molecule has 3 aromatic carbocycles. The molecular formula is C24H19F2N3O2. The van der Waals surface area contributed by atoms with Crippen LogP contribution in [0.2, 0.25) is 0 Å². The number of fused-ring (bicyclic) bond motifs is 1. The number of amides is 1. The van der Waals surface area contributed by atoms with Crippen molar-refractivity contribution in [3.05, 3.63) is 99.3 Å². The first kappa shape index (κ1) is 20.4. The summed E-state index contributed by atoms with van der Waals surface area (Å²) >= 11 is 0. The van der Waals surface area contributed by atoms with Gasteiger partial charge in [-0.15, -0.1) is 9.89 Å². The zero-order valence-corrected chi connectivity index (χ0v) is 16.9. The van der Waals surface area contributed by atoms with Crippen molar-refractivity contribution < 1.29 is 13.6 Å². The molecule has 1 N–H and O–H groups in total. The first-order valence-electron chi connectivity index (χ1n) is 9.66. The molecule has 4 aromatic rings. The number of nitrogens with zero attached hydrogens (tertiary/aromatic N) is 2. The minimum atomic E-state index is -0.777. The predicted octanol–water partition coefficient (Wildman–Crippen LogP) is 4.27. The fourth-order valence-electron chi connectivity index (χ4n) is 3.60. The number of nitrogens with one attached hydrogen (secondary N) is 1. The van der Waals surface area contributed by atoms with E-state index in [0.717, 1.165) is 39.7 Å². The molecule has 1 aromatic heterocycles. The van der Waals surface area contributed by atoms with Gasteiger partial charge >= 0.3 is 0 Å². The molecule has 0 atom stereocenters. The maximum atomic E-state index is 13.4. The van der Waals surface area contributed by atoms with Crippen LogP contribution < -0.4 is 11.0 Å². The van der Waals surface area contributed by atoms with Crippen LogP contribution in [0.5, 0.6) is 0 Å². The van der Waals surface area contributed by atoms with Gasteiger partial charge in [-0.3, -0.25) is 9.59 Å². The van der Waals surface area contributed by atoms with Crippen LogP contribution in [0, 0.1) is 25.5 Å². The van der Waals surface area contributed by atoms with E-state index in [2.05, 4.69) is 10.5 Å². The van der Waals surface area contributed by atoms with Crippen molar-refractivity contribution in [3.63, 3.8) is 0 Å². The topological polar surface area (TPSA) is 64.0 Å². The summed E-state index contributed by atoms with van der Waals surface area (Å²) in [7, 11) is 0. The number of rotatable bonds is 4. The molecule has 0 saturated carbocycles. The van der Waals surface area contributed by atoms with Crippen molar-refractivity contribution in [1.82, 2.24) is 9.89 Å². The summed E-state index contributed by atoms with van der Waals surface area (Å²) in [4.78, 5) is 26.3. The second-order valence-electron chi connectivity index (χ2n) is 7.42. The normalized spacial score (nSPS) is 11.0. The zero-order valence-electron chi connectivity index (χ0n) is 16.9. The standard InChI is InChI=1S/C24H19F2N3O2/c1-14-7-8-19(15(2)9-14)23-20-5-3-4-6-21(20)24(31)29(28-23)27-22(30)12-16-10-17(25)13-18(26)11-16/h3-11,13H,12H2,1-2H3,(H,27,30). The molecule has 5 nitrogen and oxygen atoms in total. The molecule has 1 amide bonds. The van der Waals surface area contributed by atoms with E-state index in [1.165, 1.54) is 0 Å². The molecule has 0 aliphatic rings. The summed E-state index contributed by atoms with van der Waals surface area (Å²) < 4.78 is 26.8. The molecule has 0 spiro atoms. The van der Waals surface area contributed by atoms with Gasteiger partial charge in [0.1, 0.15) is 17.3 Å². The van der Waals surface area contributed by atoms with Gasteiger partial charge in [-0.25, -0.2) is 14.2 Å². The molecule has 0 fully saturated rings. The summed E-state index contributed by atoms with van der Waals surface area (Å²) in [5, 5.41) is 5.46. The quantitative estimate of drug-likeness (QED) is 0.537. The monoisotopic (exact) mass is 419 g/mol. The lowest BCUT2D eigenvalue weighted by atomic mass is 9.99. The number of aromatic nitrogens is 2. The third kappa shape index (κ3) is 4.21. The summed E-state index contributed by atoms with van der Waals surface area (Å²) in [6.45, 7) is 3.93. The molecule has 1 heterocycles. The lowest BCUT2D eigenvalue weighted by Gasteiger charge is -2.14. The highest BCUT2D eigenvalue weighted by Crippen LogP contribution is 2.27. The van der Waals surface area contributed by atoms with Gasteiger partial charge in [0, 0.05) is 17.0 Å². The minimum Gasteiger partial charge on any atom is -0.273 e. The third-order valence-corrected chi connectivity index (χ3v) is 4.96. The second kappa shape index (κ2) is 8.10. The lowest BCUT2D eigenvalue weighted by molar-refractivity contribution is -0.116. The highest BCUT2D eigenvalue weighted by Gasteiger charge is 2.16. The fourth-order valence-corrected chi connectivity index (χ4v) is 3.60. The molecule has 0 saturated heterocycles. The van der Waals surface area contributed by atoms with Gasteiger partial charge in [-0.1, -0.05) is 42.0 Å². The Kier molecular flexibility index (Phi) is 5.33. The fraction of sp³-hybridized carbons (Fsp3) is 0.125. The summed E-state index contributed by atoms with van der Waals surface area (Å²) in [5.74, 6) is -2.18. The van der Waals surface area contributed by atoms with Gasteiger partial charge in [-0.2, -0.15) is 0 Å². The van der Waals surface area contributed by atoms with Crippen molar-refractivity contribution in [1.29, 1.82) is 0 Å². The van der Waals surface area contributed by atoms with Gasteiger partial charge < -0.3 is 0 Å². The molecule has 31 heavy (non-hydrogen) atoms. The van der Waals surface area contributed by atoms with Crippen LogP contribution in [0.25, 0.3) is 22.0 Å². The Balaban J connectivity index is 1.77. The molecule has 4 rings (SSSR count). The molecule has 0 radical (unpaired) electrons. The minimum absolute atomic E-state index is 0.151. The van der Waals surface area contributed by atoms with Crippen LogP contribution in [0.4, 0.5) is 8.78 Å². The van der Waals surface area contributed by atoms with Gasteiger partial charge in [0.05, 0.1) is 11.8 Å². The van der Waals surface area contributed by atoms with E-state index in [-0.39, 0.29) is 12.0 Å². The van der Waals surface area contributed by atoms with Crippen molar-refractivity contribution in [2.75, 3.05) is 5.43 Å². The van der Waals surface area contributed by atoms with E-state index < -0.39 is 23.1 Å². The van der Waals surface area contributed by atoms with Crippen LogP contribution in [0.15, 0.2) is 65.5 Å². The van der Waals surface area contributed by atoms with Gasteiger partial charge in [-0.05, 0) is 43.2 Å². The number of hydrogen-bond donors (Lipinski definition) is 1. The van der Waals surface area contributed by atoms with Crippen molar-refractivity contribution in [2.24, 2.45) is 0 Å². The Morgan fingerprint density at radius 3 is 2.32 bits per heavy atom. The van der Waals surface area contributed by atoms with Gasteiger partial charge in [0.25, 0.3) is 5.56 Å². The Bertz CT molecular complexity index is 1360. The zero-order chi connectivity index (χ0) is 22.1. The second-order valence-corrected chi connectivity index (χ2v) is 7.42. The molecule has 0 unspecified atom stereocenters. The number of hydrogen-bond acceptors (Lipinski definition) is 3. The molecule has 0 bridgehead atoms. The van der Waals surface area contributed by atoms with Crippen LogP contribution in [-0.4, -0.2) is 15.8 Å². The maximum absolute atomic E-state index is 13.4. The Morgan fingerprint density at radius 2 is 1.65 bits per heavy atom. The Morgan fingerprint density at radius 1 is 0.968 bits per heavy atom. The van der Waals surface area contributed by atoms with Crippen LogP contribution in [-0.2, 0) is 11.2 Å². The summed E-state index contributed by atoms with van der Waals surface area (Å²) in [6, 6.07) is 15.8. The smallest absolute Gasteiger partial charge is 0.273 e. The van der Waals surface area contributed by atoms with E-state index in [0.29, 0.717) is 16.5 Å². The third-order valence-electron chi connectivity index (χ3n) is 4.96. The van der Waals surface area contributed by atoms with Crippen LogP contribution in [0.3, 0.4) is 0 Å². The maximum Gasteiger partial charge on any atom is 0.294 e. The highest BCUT2D eigenvalue weighted by molar-refractivity contribution is 5.95. The van der Waals surface area contributed by atoms with E-state index >= 15 is 0 Å². The molecule has 0 aliphatic heterocycles. The van der Waals surface area contributed by atoms with E-state index in [1.54, 1.807) is 18.2 Å². The van der Waals surface area contributed by atoms with E-state index in [1.807, 2.05) is 38.1 Å². The molecule has 0 aliphatic carbocycles. The van der Waals surface area contributed by atoms with Crippen molar-refractivity contribution in [2.45, 2.75) is 20.3 Å². The summed E-state index contributed by atoms with van der Waals surface area (Å²) in [5.41, 5.74) is 5.54. The van der Waals surface area contributed by atoms with Gasteiger partial charge in [0.15, 0.2) is 0 Å². The van der Waals surface area contributed by atoms with Gasteiger partial charge in [0.2, 0.25) is 5.91 Å². The largest absolute Gasteiger partial charge is 0.294 e. The Hall–Kier alpha value is -3.87. The highest BCUT2D eigenvalue weighted by atomic mass is 19.1. The summed E-state index contributed by atoms with van der Waals surface area (Å²) in [6.07, 6.45) is -0.311. The molecular weight excluding hydrogens is 400 g/mol. The van der Waals surface area contributed by atoms with E-state index in [9.17, 15) is 18.4 Å². The van der Waals surface area contributed by atoms with E-state index in [4.69, 9.17) is 0 Å². The number of carbonyl (C=O) groups excluding carboxylic acids is 1. The number of halogens is 2. The number of aryl methyl sites for hydroxylation is 2. The SMILES string of the molecule is Cc1ccc(-c2nn(NC(=O)Cc3cc(F)cc(F)c3)c(=O)c3ccccc23)c(C)c1.